The van der Waals surface area contributed by atoms with Crippen molar-refractivity contribution in [2.24, 2.45) is 0 Å². The Balaban J connectivity index is 1.58. The van der Waals surface area contributed by atoms with Crippen molar-refractivity contribution in [3.05, 3.63) is 11.4 Å². The predicted molar refractivity (Wildman–Crippen MR) is 65.3 cm³/mol. The van der Waals surface area contributed by atoms with Crippen LogP contribution in [0.5, 0.6) is 0 Å². The monoisotopic (exact) mass is 269 g/mol. The molecule has 1 N–H and O–H groups in total. The van der Waals surface area contributed by atoms with E-state index in [0.29, 0.717) is 24.5 Å². The lowest BCUT2D eigenvalue weighted by atomic mass is 10.1. The topological polar surface area (TPSA) is 86.5 Å². The van der Waals surface area contributed by atoms with Crippen LogP contribution in [-0.2, 0) is 20.8 Å². The maximum Gasteiger partial charge on any atom is 0.246 e. The number of hydrogen-bond acceptors (Lipinski definition) is 6. The van der Waals surface area contributed by atoms with Gasteiger partial charge in [-0.1, -0.05) is 10.3 Å². The molecule has 1 aromatic rings. The molecule has 1 saturated heterocycles. The SMILES string of the molecule is Cc1nonc1CNC(=O)COCC1CCCCO1. The molecule has 1 fully saturated rings. The van der Waals surface area contributed by atoms with E-state index in [2.05, 4.69) is 20.3 Å². The van der Waals surface area contributed by atoms with Crippen molar-refractivity contribution < 1.29 is 18.9 Å². The minimum absolute atomic E-state index is 0.0319. The van der Waals surface area contributed by atoms with Crippen LogP contribution in [0.4, 0.5) is 0 Å². The summed E-state index contributed by atoms with van der Waals surface area (Å²) in [4.78, 5) is 11.5. The number of carbonyl (C=O) groups is 1. The molecular formula is C12H19N3O4. The van der Waals surface area contributed by atoms with Crippen LogP contribution >= 0.6 is 0 Å². The zero-order valence-electron chi connectivity index (χ0n) is 11.1. The highest BCUT2D eigenvalue weighted by atomic mass is 16.6. The maximum atomic E-state index is 11.5. The summed E-state index contributed by atoms with van der Waals surface area (Å²) in [7, 11) is 0. The van der Waals surface area contributed by atoms with Crippen molar-refractivity contribution >= 4 is 5.91 Å². The number of ether oxygens (including phenoxy) is 2. The van der Waals surface area contributed by atoms with Crippen LogP contribution < -0.4 is 5.32 Å². The number of rotatable bonds is 6. The fraction of sp³-hybridized carbons (Fsp3) is 0.750. The normalized spacial score (nSPS) is 19.3. The summed E-state index contributed by atoms with van der Waals surface area (Å²) in [5, 5.41) is 10.0. The number of nitrogens with zero attached hydrogens (tertiary/aromatic N) is 2. The van der Waals surface area contributed by atoms with Gasteiger partial charge in [0.05, 0.1) is 19.3 Å². The highest BCUT2D eigenvalue weighted by molar-refractivity contribution is 5.77. The third kappa shape index (κ3) is 4.60. The van der Waals surface area contributed by atoms with E-state index in [4.69, 9.17) is 9.47 Å². The van der Waals surface area contributed by atoms with Gasteiger partial charge in [0, 0.05) is 6.61 Å². The van der Waals surface area contributed by atoms with E-state index in [-0.39, 0.29) is 18.6 Å². The Kier molecular flexibility index (Phi) is 5.29. The van der Waals surface area contributed by atoms with Crippen LogP contribution in [0.1, 0.15) is 30.7 Å². The van der Waals surface area contributed by atoms with Crippen LogP contribution in [0.15, 0.2) is 4.63 Å². The summed E-state index contributed by atoms with van der Waals surface area (Å²) in [5.74, 6) is -0.182. The molecule has 0 aliphatic carbocycles. The van der Waals surface area contributed by atoms with Crippen LogP contribution in [0.2, 0.25) is 0 Å². The largest absolute Gasteiger partial charge is 0.376 e. The Hall–Kier alpha value is -1.47. The fourth-order valence-electron chi connectivity index (χ4n) is 1.87. The van der Waals surface area contributed by atoms with E-state index >= 15 is 0 Å². The zero-order valence-corrected chi connectivity index (χ0v) is 11.1. The molecule has 1 amide bonds. The lowest BCUT2D eigenvalue weighted by Gasteiger charge is -2.22. The Morgan fingerprint density at radius 3 is 3.05 bits per heavy atom. The molecule has 7 nitrogen and oxygen atoms in total. The first kappa shape index (κ1) is 14.0. The molecule has 19 heavy (non-hydrogen) atoms. The Labute approximate surface area is 111 Å². The summed E-state index contributed by atoms with van der Waals surface area (Å²) in [6.07, 6.45) is 3.41. The lowest BCUT2D eigenvalue weighted by molar-refractivity contribution is -0.128. The molecule has 106 valence electrons. The molecule has 1 atom stereocenters. The predicted octanol–water partition coefficient (Wildman–Crippen LogP) is 0.580. The van der Waals surface area contributed by atoms with Gasteiger partial charge >= 0.3 is 0 Å². The number of aryl methyl sites for hydroxylation is 1. The average Bonchev–Trinajstić information content (AvgIpc) is 2.83. The third-order valence-corrected chi connectivity index (χ3v) is 3.01. The molecule has 1 unspecified atom stereocenters. The van der Waals surface area contributed by atoms with E-state index in [9.17, 15) is 4.79 Å². The quantitative estimate of drug-likeness (QED) is 0.813. The van der Waals surface area contributed by atoms with E-state index in [1.165, 1.54) is 6.42 Å². The Morgan fingerprint density at radius 2 is 2.37 bits per heavy atom. The maximum absolute atomic E-state index is 11.5. The average molecular weight is 269 g/mol. The van der Waals surface area contributed by atoms with Crippen molar-refractivity contribution in [3.63, 3.8) is 0 Å². The van der Waals surface area contributed by atoms with E-state index < -0.39 is 0 Å². The van der Waals surface area contributed by atoms with Crippen molar-refractivity contribution in [3.8, 4) is 0 Å². The first-order valence-electron chi connectivity index (χ1n) is 6.50. The summed E-state index contributed by atoms with van der Waals surface area (Å²) in [6, 6.07) is 0. The molecule has 2 rings (SSSR count). The van der Waals surface area contributed by atoms with Crippen LogP contribution in [0.25, 0.3) is 0 Å². The number of nitrogens with one attached hydrogen (secondary N) is 1. The van der Waals surface area contributed by atoms with Gasteiger partial charge in [0.2, 0.25) is 5.91 Å². The molecule has 1 aliphatic rings. The Morgan fingerprint density at radius 1 is 1.47 bits per heavy atom. The highest BCUT2D eigenvalue weighted by Crippen LogP contribution is 2.12. The minimum Gasteiger partial charge on any atom is -0.376 e. The van der Waals surface area contributed by atoms with E-state index in [0.717, 1.165) is 19.4 Å². The van der Waals surface area contributed by atoms with Crippen LogP contribution in [0.3, 0.4) is 0 Å². The summed E-state index contributed by atoms with van der Waals surface area (Å²) >= 11 is 0. The number of carbonyl (C=O) groups excluding carboxylic acids is 1. The van der Waals surface area contributed by atoms with Gasteiger partial charge in [-0.25, -0.2) is 4.63 Å². The standard InChI is InChI=1S/C12H19N3O4/c1-9-11(15-19-14-9)6-13-12(16)8-17-7-10-4-2-3-5-18-10/h10H,2-8H2,1H3,(H,13,16). The van der Waals surface area contributed by atoms with Crippen molar-refractivity contribution in [2.45, 2.75) is 38.8 Å². The number of amides is 1. The molecule has 0 spiro atoms. The van der Waals surface area contributed by atoms with Gasteiger partial charge in [0.15, 0.2) is 0 Å². The van der Waals surface area contributed by atoms with Gasteiger partial charge in [-0.2, -0.15) is 0 Å². The van der Waals surface area contributed by atoms with E-state index in [1.54, 1.807) is 6.92 Å². The van der Waals surface area contributed by atoms with Gasteiger partial charge in [-0.05, 0) is 26.2 Å². The summed E-state index contributed by atoms with van der Waals surface area (Å²) < 4.78 is 15.4. The van der Waals surface area contributed by atoms with Crippen LogP contribution in [-0.4, -0.2) is 42.1 Å². The van der Waals surface area contributed by atoms with Crippen molar-refractivity contribution in [1.29, 1.82) is 0 Å². The van der Waals surface area contributed by atoms with Crippen molar-refractivity contribution in [2.75, 3.05) is 19.8 Å². The summed E-state index contributed by atoms with van der Waals surface area (Å²) in [5.41, 5.74) is 1.31. The second-order valence-corrected chi connectivity index (χ2v) is 4.58. The minimum atomic E-state index is -0.182. The third-order valence-electron chi connectivity index (χ3n) is 3.01. The first-order valence-corrected chi connectivity index (χ1v) is 6.50. The zero-order chi connectivity index (χ0) is 13.5. The second kappa shape index (κ2) is 7.20. The molecule has 0 saturated carbocycles. The molecular weight excluding hydrogens is 250 g/mol. The number of aromatic nitrogens is 2. The van der Waals surface area contributed by atoms with Gasteiger partial charge in [-0.15, -0.1) is 0 Å². The lowest BCUT2D eigenvalue weighted by Crippen LogP contribution is -2.30. The highest BCUT2D eigenvalue weighted by Gasteiger charge is 2.14. The van der Waals surface area contributed by atoms with Gasteiger partial charge in [0.25, 0.3) is 0 Å². The fourth-order valence-corrected chi connectivity index (χ4v) is 1.87. The molecule has 1 aromatic heterocycles. The van der Waals surface area contributed by atoms with Gasteiger partial charge in [0.1, 0.15) is 18.0 Å². The molecule has 1 aliphatic heterocycles. The van der Waals surface area contributed by atoms with Crippen LogP contribution in [0, 0.1) is 6.92 Å². The molecule has 2 heterocycles. The molecule has 0 radical (unpaired) electrons. The van der Waals surface area contributed by atoms with Gasteiger partial charge in [-0.3, -0.25) is 4.79 Å². The molecule has 0 bridgehead atoms. The second-order valence-electron chi connectivity index (χ2n) is 4.58. The Bertz CT molecular complexity index is 401. The van der Waals surface area contributed by atoms with Crippen molar-refractivity contribution in [1.82, 2.24) is 15.6 Å². The molecule has 7 heteroatoms. The smallest absolute Gasteiger partial charge is 0.246 e. The molecule has 0 aromatic carbocycles. The number of hydrogen-bond donors (Lipinski definition) is 1. The summed E-state index contributed by atoms with van der Waals surface area (Å²) in [6.45, 7) is 3.37. The van der Waals surface area contributed by atoms with Gasteiger partial charge < -0.3 is 14.8 Å². The first-order chi connectivity index (χ1) is 9.25. The van der Waals surface area contributed by atoms with E-state index in [1.807, 2.05) is 0 Å².